The van der Waals surface area contributed by atoms with Crippen LogP contribution in [0, 0.1) is 11.3 Å². The Balaban J connectivity index is 1.63. The molecular weight excluding hydrogens is 220 g/mol. The Morgan fingerprint density at radius 1 is 1.00 bits per heavy atom. The standard InChI is InChI=1S/C16H30N2/c1-17-13-16(14-5-3-2-4-6-14)9-11-18(12-10-16)15-7-8-15/h14-15,17H,2-13H2,1H3. The van der Waals surface area contributed by atoms with Crippen LogP contribution in [-0.2, 0) is 0 Å². The monoisotopic (exact) mass is 250 g/mol. The summed E-state index contributed by atoms with van der Waals surface area (Å²) in [5.41, 5.74) is 0.639. The second kappa shape index (κ2) is 5.50. The van der Waals surface area contributed by atoms with Crippen LogP contribution in [0.25, 0.3) is 0 Å². The fourth-order valence-corrected chi connectivity index (χ4v) is 4.57. The minimum Gasteiger partial charge on any atom is -0.319 e. The van der Waals surface area contributed by atoms with E-state index < -0.39 is 0 Å². The first-order valence-corrected chi connectivity index (χ1v) is 8.23. The highest BCUT2D eigenvalue weighted by Crippen LogP contribution is 2.46. The van der Waals surface area contributed by atoms with Crippen LogP contribution in [0.5, 0.6) is 0 Å². The van der Waals surface area contributed by atoms with Crippen LogP contribution in [0.1, 0.15) is 57.8 Å². The molecule has 3 rings (SSSR count). The Labute approximate surface area is 113 Å². The lowest BCUT2D eigenvalue weighted by atomic mass is 9.63. The van der Waals surface area contributed by atoms with E-state index in [1.54, 1.807) is 0 Å². The molecule has 0 spiro atoms. The van der Waals surface area contributed by atoms with Gasteiger partial charge in [-0.25, -0.2) is 0 Å². The fourth-order valence-electron chi connectivity index (χ4n) is 4.57. The molecule has 0 bridgehead atoms. The average Bonchev–Trinajstić information content (AvgIpc) is 3.25. The lowest BCUT2D eigenvalue weighted by Crippen LogP contribution is -2.49. The molecule has 2 heteroatoms. The predicted molar refractivity (Wildman–Crippen MR) is 76.8 cm³/mol. The number of rotatable bonds is 4. The highest BCUT2D eigenvalue weighted by Gasteiger charge is 2.43. The SMILES string of the molecule is CNCC1(C2CCCCC2)CCN(C2CC2)CC1. The van der Waals surface area contributed by atoms with Gasteiger partial charge in [0.05, 0.1) is 0 Å². The van der Waals surface area contributed by atoms with Crippen molar-refractivity contribution in [3.05, 3.63) is 0 Å². The van der Waals surface area contributed by atoms with Crippen molar-refractivity contribution in [3.63, 3.8) is 0 Å². The zero-order valence-corrected chi connectivity index (χ0v) is 12.1. The van der Waals surface area contributed by atoms with Gasteiger partial charge in [0.15, 0.2) is 0 Å². The molecule has 1 saturated heterocycles. The predicted octanol–water partition coefficient (Wildman–Crippen LogP) is 3.03. The van der Waals surface area contributed by atoms with Crippen LogP contribution in [0.15, 0.2) is 0 Å². The topological polar surface area (TPSA) is 15.3 Å². The molecule has 3 aliphatic rings. The molecule has 0 radical (unpaired) electrons. The molecule has 0 aromatic heterocycles. The Kier molecular flexibility index (Phi) is 3.95. The minimum absolute atomic E-state index is 0.639. The summed E-state index contributed by atoms with van der Waals surface area (Å²) in [5.74, 6) is 1.01. The van der Waals surface area contributed by atoms with Crippen molar-refractivity contribution in [2.75, 3.05) is 26.7 Å². The summed E-state index contributed by atoms with van der Waals surface area (Å²) in [4.78, 5) is 2.77. The van der Waals surface area contributed by atoms with E-state index in [2.05, 4.69) is 17.3 Å². The quantitative estimate of drug-likeness (QED) is 0.825. The van der Waals surface area contributed by atoms with Gasteiger partial charge in [-0.1, -0.05) is 19.3 Å². The summed E-state index contributed by atoms with van der Waals surface area (Å²) in [7, 11) is 2.15. The van der Waals surface area contributed by atoms with Crippen LogP contribution in [0.3, 0.4) is 0 Å². The molecule has 3 fully saturated rings. The molecule has 1 aliphatic heterocycles. The highest BCUT2D eigenvalue weighted by molar-refractivity contribution is 4.96. The number of hydrogen-bond acceptors (Lipinski definition) is 2. The van der Waals surface area contributed by atoms with E-state index in [0.717, 1.165) is 12.0 Å². The number of piperidine rings is 1. The van der Waals surface area contributed by atoms with Gasteiger partial charge in [0.1, 0.15) is 0 Å². The molecule has 0 aromatic carbocycles. The Bertz CT molecular complexity index is 258. The van der Waals surface area contributed by atoms with E-state index in [4.69, 9.17) is 0 Å². The zero-order chi connectivity index (χ0) is 12.4. The number of nitrogens with zero attached hydrogens (tertiary/aromatic N) is 1. The third-order valence-electron chi connectivity index (χ3n) is 5.86. The summed E-state index contributed by atoms with van der Waals surface area (Å²) < 4.78 is 0. The van der Waals surface area contributed by atoms with Crippen LogP contribution in [0.4, 0.5) is 0 Å². The molecule has 0 atom stereocenters. The molecular formula is C16H30N2. The van der Waals surface area contributed by atoms with Gasteiger partial charge in [-0.3, -0.25) is 0 Å². The second-order valence-corrected chi connectivity index (χ2v) is 6.99. The third-order valence-corrected chi connectivity index (χ3v) is 5.86. The minimum atomic E-state index is 0.639. The van der Waals surface area contributed by atoms with Crippen LogP contribution in [-0.4, -0.2) is 37.6 Å². The summed E-state index contributed by atoms with van der Waals surface area (Å²) in [6.45, 7) is 4.02. The largest absolute Gasteiger partial charge is 0.319 e. The van der Waals surface area contributed by atoms with E-state index in [-0.39, 0.29) is 0 Å². The van der Waals surface area contributed by atoms with E-state index in [1.165, 1.54) is 77.4 Å². The van der Waals surface area contributed by atoms with Gasteiger partial charge in [0, 0.05) is 12.6 Å². The molecule has 2 aliphatic carbocycles. The molecule has 1 heterocycles. The van der Waals surface area contributed by atoms with Crippen molar-refractivity contribution >= 4 is 0 Å². The third kappa shape index (κ3) is 2.60. The van der Waals surface area contributed by atoms with Crippen molar-refractivity contribution in [1.82, 2.24) is 10.2 Å². The smallest absolute Gasteiger partial charge is 0.00964 e. The average molecular weight is 250 g/mol. The van der Waals surface area contributed by atoms with E-state index in [0.29, 0.717) is 5.41 Å². The molecule has 0 aromatic rings. The maximum Gasteiger partial charge on any atom is 0.00964 e. The number of likely N-dealkylation sites (tertiary alicyclic amines) is 1. The summed E-state index contributed by atoms with van der Waals surface area (Å²) in [5, 5.41) is 3.52. The van der Waals surface area contributed by atoms with Gasteiger partial charge >= 0.3 is 0 Å². The highest BCUT2D eigenvalue weighted by atomic mass is 15.2. The zero-order valence-electron chi connectivity index (χ0n) is 12.1. The summed E-state index contributed by atoms with van der Waals surface area (Å²) in [6, 6.07) is 0.976. The normalized spacial score (nSPS) is 30.5. The lowest BCUT2D eigenvalue weighted by Gasteiger charge is -2.48. The maximum absolute atomic E-state index is 3.52. The molecule has 1 N–H and O–H groups in total. The van der Waals surface area contributed by atoms with E-state index in [1.807, 2.05) is 0 Å². The number of hydrogen-bond donors (Lipinski definition) is 1. The van der Waals surface area contributed by atoms with Gasteiger partial charge in [-0.15, -0.1) is 0 Å². The van der Waals surface area contributed by atoms with Gasteiger partial charge in [-0.2, -0.15) is 0 Å². The lowest BCUT2D eigenvalue weighted by molar-refractivity contribution is 0.0279. The number of nitrogens with one attached hydrogen (secondary N) is 1. The van der Waals surface area contributed by atoms with Crippen molar-refractivity contribution in [3.8, 4) is 0 Å². The Morgan fingerprint density at radius 2 is 1.67 bits per heavy atom. The van der Waals surface area contributed by atoms with Gasteiger partial charge in [0.2, 0.25) is 0 Å². The van der Waals surface area contributed by atoms with Gasteiger partial charge < -0.3 is 10.2 Å². The van der Waals surface area contributed by atoms with E-state index >= 15 is 0 Å². The van der Waals surface area contributed by atoms with Gasteiger partial charge in [0.25, 0.3) is 0 Å². The molecule has 0 unspecified atom stereocenters. The molecule has 104 valence electrons. The van der Waals surface area contributed by atoms with Crippen LogP contribution >= 0.6 is 0 Å². The van der Waals surface area contributed by atoms with Crippen molar-refractivity contribution < 1.29 is 0 Å². The second-order valence-electron chi connectivity index (χ2n) is 6.99. The van der Waals surface area contributed by atoms with Crippen molar-refractivity contribution in [2.45, 2.75) is 63.8 Å². The maximum atomic E-state index is 3.52. The summed E-state index contributed by atoms with van der Waals surface area (Å²) >= 11 is 0. The molecule has 0 amide bonds. The first-order chi connectivity index (χ1) is 8.84. The Morgan fingerprint density at radius 3 is 2.22 bits per heavy atom. The fraction of sp³-hybridized carbons (Fsp3) is 1.00. The van der Waals surface area contributed by atoms with Crippen LogP contribution < -0.4 is 5.32 Å². The van der Waals surface area contributed by atoms with Crippen molar-refractivity contribution in [2.24, 2.45) is 11.3 Å². The first kappa shape index (κ1) is 12.9. The van der Waals surface area contributed by atoms with Crippen LogP contribution in [0.2, 0.25) is 0 Å². The summed E-state index contributed by atoms with van der Waals surface area (Å²) in [6.07, 6.45) is 13.3. The molecule has 2 nitrogen and oxygen atoms in total. The van der Waals surface area contributed by atoms with E-state index in [9.17, 15) is 0 Å². The molecule has 18 heavy (non-hydrogen) atoms. The van der Waals surface area contributed by atoms with Gasteiger partial charge in [-0.05, 0) is 70.0 Å². The Hall–Kier alpha value is -0.0800. The first-order valence-electron chi connectivity index (χ1n) is 8.23. The molecule has 2 saturated carbocycles. The van der Waals surface area contributed by atoms with Crippen molar-refractivity contribution in [1.29, 1.82) is 0 Å².